The molecule has 2 aromatic carbocycles. The molecule has 2 heteroatoms. The van der Waals surface area contributed by atoms with Gasteiger partial charge in [-0.3, -0.25) is 0 Å². The monoisotopic (exact) mass is 279 g/mol. The van der Waals surface area contributed by atoms with E-state index in [4.69, 9.17) is 5.11 Å². The fourth-order valence-corrected chi connectivity index (χ4v) is 2.14. The molecular formula is C19H21NO. The van der Waals surface area contributed by atoms with E-state index in [1.807, 2.05) is 12.1 Å². The molecular weight excluding hydrogens is 258 g/mol. The first kappa shape index (κ1) is 15.2. The third-order valence-electron chi connectivity index (χ3n) is 3.29. The Labute approximate surface area is 127 Å². The summed E-state index contributed by atoms with van der Waals surface area (Å²) in [7, 11) is 2.10. The van der Waals surface area contributed by atoms with E-state index < -0.39 is 0 Å². The van der Waals surface area contributed by atoms with Crippen molar-refractivity contribution in [3.8, 4) is 11.8 Å². The average molecular weight is 279 g/mol. The van der Waals surface area contributed by atoms with E-state index >= 15 is 0 Å². The first-order valence-corrected chi connectivity index (χ1v) is 7.15. The molecule has 0 aliphatic carbocycles. The predicted octanol–water partition coefficient (Wildman–Crippen LogP) is 3.37. The lowest BCUT2D eigenvalue weighted by Crippen LogP contribution is -2.16. The Morgan fingerprint density at radius 3 is 2.52 bits per heavy atom. The Bertz CT molecular complexity index is 635. The summed E-state index contributed by atoms with van der Waals surface area (Å²) in [5, 5.41) is 8.71. The van der Waals surface area contributed by atoms with Gasteiger partial charge in [0, 0.05) is 31.3 Å². The molecule has 2 rings (SSSR count). The molecule has 0 saturated heterocycles. The van der Waals surface area contributed by atoms with E-state index in [-0.39, 0.29) is 6.61 Å². The smallest absolute Gasteiger partial charge is 0.0540 e. The molecule has 0 radical (unpaired) electrons. The number of nitrogens with zero attached hydrogens (tertiary/aromatic N) is 1. The van der Waals surface area contributed by atoms with Gasteiger partial charge in [-0.1, -0.05) is 36.1 Å². The topological polar surface area (TPSA) is 23.5 Å². The molecule has 0 aliphatic heterocycles. The van der Waals surface area contributed by atoms with E-state index in [0.717, 1.165) is 12.1 Å². The molecule has 2 aromatic rings. The summed E-state index contributed by atoms with van der Waals surface area (Å²) in [6, 6.07) is 16.8. The second-order valence-electron chi connectivity index (χ2n) is 5.17. The Morgan fingerprint density at radius 1 is 1.10 bits per heavy atom. The van der Waals surface area contributed by atoms with Crippen LogP contribution in [0.3, 0.4) is 0 Å². The average Bonchev–Trinajstić information content (AvgIpc) is 2.49. The molecule has 0 amide bonds. The van der Waals surface area contributed by atoms with Gasteiger partial charge in [-0.2, -0.15) is 0 Å². The summed E-state index contributed by atoms with van der Waals surface area (Å²) in [6.07, 6.45) is 0.526. The summed E-state index contributed by atoms with van der Waals surface area (Å²) < 4.78 is 0. The lowest BCUT2D eigenvalue weighted by molar-refractivity contribution is 0.305. The fraction of sp³-hybridized carbons (Fsp3) is 0.263. The van der Waals surface area contributed by atoms with E-state index in [9.17, 15) is 0 Å². The summed E-state index contributed by atoms with van der Waals surface area (Å²) >= 11 is 0. The van der Waals surface area contributed by atoms with Gasteiger partial charge in [0.1, 0.15) is 0 Å². The highest BCUT2D eigenvalue weighted by Gasteiger charge is 2.02. The third-order valence-corrected chi connectivity index (χ3v) is 3.29. The van der Waals surface area contributed by atoms with Crippen molar-refractivity contribution in [2.24, 2.45) is 0 Å². The second kappa shape index (κ2) is 7.52. The zero-order chi connectivity index (χ0) is 15.1. The van der Waals surface area contributed by atoms with Gasteiger partial charge in [0.15, 0.2) is 0 Å². The van der Waals surface area contributed by atoms with Crippen LogP contribution in [0.25, 0.3) is 0 Å². The van der Waals surface area contributed by atoms with Crippen LogP contribution in [-0.4, -0.2) is 18.8 Å². The predicted molar refractivity (Wildman–Crippen MR) is 88.3 cm³/mol. The molecule has 108 valence electrons. The van der Waals surface area contributed by atoms with Gasteiger partial charge in [0.25, 0.3) is 0 Å². The van der Waals surface area contributed by atoms with Crippen LogP contribution in [0.2, 0.25) is 0 Å². The molecule has 0 fully saturated rings. The zero-order valence-electron chi connectivity index (χ0n) is 12.6. The van der Waals surface area contributed by atoms with Gasteiger partial charge in [0.05, 0.1) is 6.61 Å². The van der Waals surface area contributed by atoms with Crippen LogP contribution in [0.1, 0.15) is 23.1 Å². The van der Waals surface area contributed by atoms with E-state index in [0.29, 0.717) is 6.42 Å². The van der Waals surface area contributed by atoms with Crippen LogP contribution in [0.4, 0.5) is 5.69 Å². The van der Waals surface area contributed by atoms with Crippen molar-refractivity contribution >= 4 is 5.69 Å². The van der Waals surface area contributed by atoms with Crippen molar-refractivity contribution in [3.63, 3.8) is 0 Å². The molecule has 0 unspecified atom stereocenters. The van der Waals surface area contributed by atoms with Gasteiger partial charge in [-0.15, -0.1) is 0 Å². The summed E-state index contributed by atoms with van der Waals surface area (Å²) in [4.78, 5) is 2.24. The van der Waals surface area contributed by atoms with Crippen LogP contribution in [0, 0.1) is 18.8 Å². The standard InChI is InChI=1S/C19H21NO/c1-16-6-5-8-19(14-16)20(2)15-18-11-9-17(10-12-18)7-3-4-13-21/h5-6,8-12,14,21H,4,13,15H2,1-2H3. The van der Waals surface area contributed by atoms with Crippen molar-refractivity contribution in [2.75, 3.05) is 18.6 Å². The molecule has 1 N–H and O–H groups in total. The summed E-state index contributed by atoms with van der Waals surface area (Å²) in [5.74, 6) is 5.97. The van der Waals surface area contributed by atoms with Crippen molar-refractivity contribution in [3.05, 3.63) is 65.2 Å². The first-order chi connectivity index (χ1) is 10.2. The molecule has 0 aromatic heterocycles. The third kappa shape index (κ3) is 4.66. The van der Waals surface area contributed by atoms with Crippen molar-refractivity contribution < 1.29 is 5.11 Å². The largest absolute Gasteiger partial charge is 0.395 e. The van der Waals surface area contributed by atoms with E-state index in [1.54, 1.807) is 0 Å². The Morgan fingerprint density at radius 2 is 1.86 bits per heavy atom. The number of aryl methyl sites for hydroxylation is 1. The Kier molecular flexibility index (Phi) is 5.43. The zero-order valence-corrected chi connectivity index (χ0v) is 12.6. The minimum absolute atomic E-state index is 0.117. The molecule has 0 bridgehead atoms. The van der Waals surface area contributed by atoms with Crippen LogP contribution >= 0.6 is 0 Å². The SMILES string of the molecule is Cc1cccc(N(C)Cc2ccc(C#CCCO)cc2)c1. The minimum Gasteiger partial charge on any atom is -0.395 e. The highest BCUT2D eigenvalue weighted by molar-refractivity contribution is 5.48. The number of aliphatic hydroxyl groups excluding tert-OH is 1. The van der Waals surface area contributed by atoms with Gasteiger partial charge in [-0.25, -0.2) is 0 Å². The molecule has 0 aliphatic rings. The van der Waals surface area contributed by atoms with Crippen molar-refractivity contribution in [2.45, 2.75) is 19.9 Å². The number of benzene rings is 2. The molecule has 0 heterocycles. The van der Waals surface area contributed by atoms with E-state index in [2.05, 4.69) is 67.1 Å². The summed E-state index contributed by atoms with van der Waals surface area (Å²) in [5.41, 5.74) is 4.74. The fourth-order valence-electron chi connectivity index (χ4n) is 2.14. The van der Waals surface area contributed by atoms with Crippen LogP contribution < -0.4 is 4.90 Å². The second-order valence-corrected chi connectivity index (χ2v) is 5.17. The quantitative estimate of drug-likeness (QED) is 0.867. The number of rotatable bonds is 4. The van der Waals surface area contributed by atoms with E-state index in [1.165, 1.54) is 16.8 Å². The van der Waals surface area contributed by atoms with Gasteiger partial charge >= 0.3 is 0 Å². The van der Waals surface area contributed by atoms with Gasteiger partial charge in [-0.05, 0) is 42.3 Å². The van der Waals surface area contributed by atoms with Crippen LogP contribution in [-0.2, 0) is 6.54 Å². The maximum atomic E-state index is 8.71. The molecule has 0 atom stereocenters. The number of hydrogen-bond donors (Lipinski definition) is 1. The van der Waals surface area contributed by atoms with Gasteiger partial charge in [0.2, 0.25) is 0 Å². The maximum absolute atomic E-state index is 8.71. The molecule has 21 heavy (non-hydrogen) atoms. The normalized spacial score (nSPS) is 9.86. The van der Waals surface area contributed by atoms with Gasteiger partial charge < -0.3 is 10.0 Å². The molecule has 2 nitrogen and oxygen atoms in total. The number of aliphatic hydroxyl groups is 1. The number of hydrogen-bond acceptors (Lipinski definition) is 2. The highest BCUT2D eigenvalue weighted by Crippen LogP contribution is 2.17. The van der Waals surface area contributed by atoms with Crippen LogP contribution in [0.5, 0.6) is 0 Å². The lowest BCUT2D eigenvalue weighted by Gasteiger charge is -2.20. The van der Waals surface area contributed by atoms with Crippen molar-refractivity contribution in [1.82, 2.24) is 0 Å². The lowest BCUT2D eigenvalue weighted by atomic mass is 10.1. The van der Waals surface area contributed by atoms with Crippen molar-refractivity contribution in [1.29, 1.82) is 0 Å². The maximum Gasteiger partial charge on any atom is 0.0540 e. The first-order valence-electron chi connectivity index (χ1n) is 7.15. The van der Waals surface area contributed by atoms with Crippen LogP contribution in [0.15, 0.2) is 48.5 Å². The highest BCUT2D eigenvalue weighted by atomic mass is 16.2. The molecule has 0 spiro atoms. The Balaban J connectivity index is 2.02. The number of anilines is 1. The summed E-state index contributed by atoms with van der Waals surface area (Å²) in [6.45, 7) is 3.09. The molecule has 0 saturated carbocycles. The Hall–Kier alpha value is -2.24. The minimum atomic E-state index is 0.117.